The summed E-state index contributed by atoms with van der Waals surface area (Å²) in [6.07, 6.45) is 3.62. The Hall–Kier alpha value is -2.07. The molecule has 0 atom stereocenters. The number of aryl methyl sites for hydroxylation is 1. The zero-order valence-electron chi connectivity index (χ0n) is 11.2. The lowest BCUT2D eigenvalue weighted by Gasteiger charge is -2.12. The number of pyridine rings is 1. The molecule has 19 heavy (non-hydrogen) atoms. The Kier molecular flexibility index (Phi) is 4.36. The molecule has 4 nitrogen and oxygen atoms in total. The first-order chi connectivity index (χ1) is 9.22. The molecule has 0 spiro atoms. The number of hydrogen-bond acceptors (Lipinski definition) is 4. The largest absolute Gasteiger partial charge is 0.493 e. The third-order valence-electron chi connectivity index (χ3n) is 2.79. The van der Waals surface area contributed by atoms with Crippen molar-refractivity contribution in [3.8, 4) is 11.5 Å². The van der Waals surface area contributed by atoms with Crippen LogP contribution in [0.5, 0.6) is 11.5 Å². The molecule has 0 saturated heterocycles. The smallest absolute Gasteiger partial charge is 0.161 e. The third kappa shape index (κ3) is 3.45. The fraction of sp³-hybridized carbons (Fsp3) is 0.267. The van der Waals surface area contributed by atoms with Crippen molar-refractivity contribution >= 4 is 0 Å². The first kappa shape index (κ1) is 13.4. The van der Waals surface area contributed by atoms with Gasteiger partial charge in [0.25, 0.3) is 0 Å². The average Bonchev–Trinajstić information content (AvgIpc) is 2.45. The van der Waals surface area contributed by atoms with E-state index in [0.29, 0.717) is 24.7 Å². The van der Waals surface area contributed by atoms with Gasteiger partial charge in [0.1, 0.15) is 6.61 Å². The summed E-state index contributed by atoms with van der Waals surface area (Å²) in [4.78, 5) is 4.14. The van der Waals surface area contributed by atoms with Gasteiger partial charge in [-0.1, -0.05) is 6.07 Å². The second kappa shape index (κ2) is 6.20. The molecule has 1 heterocycles. The van der Waals surface area contributed by atoms with E-state index in [0.717, 1.165) is 16.7 Å². The van der Waals surface area contributed by atoms with E-state index in [-0.39, 0.29) is 0 Å². The van der Waals surface area contributed by atoms with E-state index in [1.165, 1.54) is 0 Å². The van der Waals surface area contributed by atoms with Crippen LogP contribution in [0.4, 0.5) is 0 Å². The zero-order valence-corrected chi connectivity index (χ0v) is 11.2. The molecule has 2 aromatic rings. The van der Waals surface area contributed by atoms with E-state index in [2.05, 4.69) is 4.98 Å². The molecule has 0 radical (unpaired) electrons. The highest BCUT2D eigenvalue weighted by Crippen LogP contribution is 2.28. The van der Waals surface area contributed by atoms with Gasteiger partial charge in [-0.15, -0.1) is 0 Å². The fourth-order valence-corrected chi connectivity index (χ4v) is 1.82. The number of ether oxygens (including phenoxy) is 2. The Morgan fingerprint density at radius 3 is 2.63 bits per heavy atom. The van der Waals surface area contributed by atoms with Crippen molar-refractivity contribution < 1.29 is 9.47 Å². The second-order valence-electron chi connectivity index (χ2n) is 4.35. The molecule has 100 valence electrons. The lowest BCUT2D eigenvalue weighted by molar-refractivity contribution is 0.284. The van der Waals surface area contributed by atoms with E-state index < -0.39 is 0 Å². The summed E-state index contributed by atoms with van der Waals surface area (Å²) in [5, 5.41) is 0. The summed E-state index contributed by atoms with van der Waals surface area (Å²) in [5.74, 6) is 1.41. The number of nitrogens with zero attached hydrogens (tertiary/aromatic N) is 1. The zero-order chi connectivity index (χ0) is 13.7. The summed E-state index contributed by atoms with van der Waals surface area (Å²) < 4.78 is 11.1. The van der Waals surface area contributed by atoms with Crippen LogP contribution in [0.1, 0.15) is 16.7 Å². The SMILES string of the molecule is COc1ccc(CN)cc1OCc1cncc(C)c1. The van der Waals surface area contributed by atoms with E-state index in [1.807, 2.05) is 37.4 Å². The van der Waals surface area contributed by atoms with Gasteiger partial charge in [0.05, 0.1) is 7.11 Å². The summed E-state index contributed by atoms with van der Waals surface area (Å²) in [6.45, 7) is 2.94. The molecule has 2 N–H and O–H groups in total. The molecular weight excluding hydrogens is 240 g/mol. The first-order valence-corrected chi connectivity index (χ1v) is 6.13. The minimum Gasteiger partial charge on any atom is -0.493 e. The van der Waals surface area contributed by atoms with Crippen molar-refractivity contribution in [1.82, 2.24) is 4.98 Å². The van der Waals surface area contributed by atoms with Crippen LogP contribution in [-0.4, -0.2) is 12.1 Å². The van der Waals surface area contributed by atoms with Gasteiger partial charge in [-0.05, 0) is 36.2 Å². The van der Waals surface area contributed by atoms with E-state index >= 15 is 0 Å². The molecule has 0 bridgehead atoms. The Balaban J connectivity index is 2.14. The Bertz CT molecular complexity index is 556. The van der Waals surface area contributed by atoms with Gasteiger partial charge >= 0.3 is 0 Å². The van der Waals surface area contributed by atoms with E-state index in [9.17, 15) is 0 Å². The minimum absolute atomic E-state index is 0.457. The van der Waals surface area contributed by atoms with Crippen molar-refractivity contribution in [2.45, 2.75) is 20.1 Å². The predicted octanol–water partition coefficient (Wildman–Crippen LogP) is 2.44. The highest BCUT2D eigenvalue weighted by Gasteiger charge is 2.06. The number of rotatable bonds is 5. The van der Waals surface area contributed by atoms with Crippen LogP contribution in [0.25, 0.3) is 0 Å². The van der Waals surface area contributed by atoms with Gasteiger partial charge in [0, 0.05) is 24.5 Å². The molecule has 0 saturated carbocycles. The van der Waals surface area contributed by atoms with Gasteiger partial charge < -0.3 is 15.2 Å². The van der Waals surface area contributed by atoms with Crippen molar-refractivity contribution in [1.29, 1.82) is 0 Å². The van der Waals surface area contributed by atoms with Gasteiger partial charge in [-0.25, -0.2) is 0 Å². The van der Waals surface area contributed by atoms with Crippen LogP contribution < -0.4 is 15.2 Å². The minimum atomic E-state index is 0.457. The van der Waals surface area contributed by atoms with Crippen molar-refractivity contribution in [2.24, 2.45) is 5.73 Å². The predicted molar refractivity (Wildman–Crippen MR) is 74.2 cm³/mol. The number of methoxy groups -OCH3 is 1. The normalized spacial score (nSPS) is 10.3. The maximum absolute atomic E-state index is 5.79. The quantitative estimate of drug-likeness (QED) is 0.895. The van der Waals surface area contributed by atoms with Gasteiger partial charge in [-0.3, -0.25) is 4.98 Å². The number of aromatic nitrogens is 1. The van der Waals surface area contributed by atoms with Crippen LogP contribution >= 0.6 is 0 Å². The van der Waals surface area contributed by atoms with Gasteiger partial charge in [0.2, 0.25) is 0 Å². The van der Waals surface area contributed by atoms with Gasteiger partial charge in [0.15, 0.2) is 11.5 Å². The third-order valence-corrected chi connectivity index (χ3v) is 2.79. The summed E-state index contributed by atoms with van der Waals surface area (Å²) in [6, 6.07) is 7.75. The first-order valence-electron chi connectivity index (χ1n) is 6.13. The van der Waals surface area contributed by atoms with Crippen molar-refractivity contribution in [3.05, 3.63) is 53.3 Å². The van der Waals surface area contributed by atoms with Crippen molar-refractivity contribution in [3.63, 3.8) is 0 Å². The van der Waals surface area contributed by atoms with Crippen LogP contribution in [-0.2, 0) is 13.2 Å². The topological polar surface area (TPSA) is 57.4 Å². The second-order valence-corrected chi connectivity index (χ2v) is 4.35. The van der Waals surface area contributed by atoms with E-state index in [1.54, 1.807) is 13.3 Å². The molecule has 2 rings (SSSR count). The maximum Gasteiger partial charge on any atom is 0.161 e. The molecule has 1 aromatic heterocycles. The lowest BCUT2D eigenvalue weighted by atomic mass is 10.2. The lowest BCUT2D eigenvalue weighted by Crippen LogP contribution is -2.01. The molecule has 1 aromatic carbocycles. The number of hydrogen-bond donors (Lipinski definition) is 1. The maximum atomic E-state index is 5.79. The monoisotopic (exact) mass is 258 g/mol. The average molecular weight is 258 g/mol. The molecule has 0 amide bonds. The molecular formula is C15H18N2O2. The van der Waals surface area contributed by atoms with Crippen LogP contribution in [0.2, 0.25) is 0 Å². The Morgan fingerprint density at radius 2 is 1.95 bits per heavy atom. The molecule has 0 aliphatic rings. The summed E-state index contributed by atoms with van der Waals surface area (Å²) >= 11 is 0. The van der Waals surface area contributed by atoms with E-state index in [4.69, 9.17) is 15.2 Å². The van der Waals surface area contributed by atoms with Crippen LogP contribution in [0.3, 0.4) is 0 Å². The molecule has 4 heteroatoms. The summed E-state index contributed by atoms with van der Waals surface area (Å²) in [5.41, 5.74) is 8.79. The molecule has 0 aliphatic heterocycles. The summed E-state index contributed by atoms with van der Waals surface area (Å²) in [7, 11) is 1.62. The fourth-order valence-electron chi connectivity index (χ4n) is 1.82. The number of benzene rings is 1. The standard InChI is InChI=1S/C15H18N2O2/c1-11-5-13(9-17-8-11)10-19-15-6-12(7-16)3-4-14(15)18-2/h3-6,8-9H,7,10,16H2,1-2H3. The molecule has 0 unspecified atom stereocenters. The van der Waals surface area contributed by atoms with Crippen molar-refractivity contribution in [2.75, 3.05) is 7.11 Å². The molecule has 0 aliphatic carbocycles. The van der Waals surface area contributed by atoms with Gasteiger partial charge in [-0.2, -0.15) is 0 Å². The Labute approximate surface area is 113 Å². The number of nitrogens with two attached hydrogens (primary N) is 1. The highest BCUT2D eigenvalue weighted by atomic mass is 16.5. The highest BCUT2D eigenvalue weighted by molar-refractivity contribution is 5.43. The Morgan fingerprint density at radius 1 is 1.11 bits per heavy atom. The molecule has 0 fully saturated rings. The van der Waals surface area contributed by atoms with Crippen LogP contribution in [0.15, 0.2) is 36.7 Å². The van der Waals surface area contributed by atoms with Crippen LogP contribution in [0, 0.1) is 6.92 Å².